The quantitative estimate of drug-likeness (QED) is 0.134. The first-order chi connectivity index (χ1) is 12.8. The number of aliphatic hydroxyl groups excluding tert-OH is 1. The number of hydrogen-bond donors (Lipinski definition) is 3. The van der Waals surface area contributed by atoms with E-state index in [1.807, 2.05) is 19.1 Å². The predicted octanol–water partition coefficient (Wildman–Crippen LogP) is -2.94. The number of carboxylic acid groups (broad SMARTS) is 2. The summed E-state index contributed by atoms with van der Waals surface area (Å²) in [5.74, 6) is -2.07. The Morgan fingerprint density at radius 1 is 1.00 bits per heavy atom. The van der Waals surface area contributed by atoms with Crippen LogP contribution in [0, 0.1) is 0 Å². The average Bonchev–Trinajstić information content (AvgIpc) is 2.58. The van der Waals surface area contributed by atoms with Crippen molar-refractivity contribution in [1.29, 1.82) is 0 Å². The van der Waals surface area contributed by atoms with Crippen LogP contribution in [0.4, 0.5) is 0 Å². The second-order valence-corrected chi connectivity index (χ2v) is 6.70. The Bertz CT molecular complexity index is 465. The molecule has 156 valence electrons. The minimum absolute atomic E-state index is 0. The van der Waals surface area contributed by atoms with Gasteiger partial charge in [-0.25, -0.2) is 0 Å². The molecule has 0 bridgehead atoms. The van der Waals surface area contributed by atoms with Crippen LogP contribution in [0.2, 0.25) is 0 Å². The summed E-state index contributed by atoms with van der Waals surface area (Å²) in [5, 5.41) is 31.8. The molecule has 0 saturated heterocycles. The van der Waals surface area contributed by atoms with E-state index in [4.69, 9.17) is 5.11 Å². The van der Waals surface area contributed by atoms with Gasteiger partial charge in [-0.3, -0.25) is 9.59 Å². The van der Waals surface area contributed by atoms with Gasteiger partial charge in [0, 0.05) is 25.2 Å². The number of allylic oxidation sites excluding steroid dienone is 2. The van der Waals surface area contributed by atoms with Gasteiger partial charge in [0.15, 0.2) is 0 Å². The van der Waals surface area contributed by atoms with E-state index < -0.39 is 11.9 Å². The van der Waals surface area contributed by atoms with Crippen LogP contribution in [0.3, 0.4) is 0 Å². The van der Waals surface area contributed by atoms with Gasteiger partial charge in [0.25, 0.3) is 0 Å². The Hall–Kier alpha value is -0.930. The Kier molecular flexibility index (Phi) is 18.9. The molecular formula is C19H34N2NaO6+. The molecule has 0 aromatic heterocycles. The number of nitrogens with zero attached hydrogens (tertiary/aromatic N) is 1. The monoisotopic (exact) mass is 409 g/mol. The maximum absolute atomic E-state index is 11.9. The van der Waals surface area contributed by atoms with Crippen LogP contribution in [-0.4, -0.2) is 71.9 Å². The van der Waals surface area contributed by atoms with Gasteiger partial charge in [0.2, 0.25) is 5.91 Å². The Morgan fingerprint density at radius 3 is 2.18 bits per heavy atom. The number of carboxylic acids is 2. The third-order valence-corrected chi connectivity index (χ3v) is 4.46. The molecule has 8 nitrogen and oxygen atoms in total. The van der Waals surface area contributed by atoms with Crippen molar-refractivity contribution < 1.29 is 63.7 Å². The summed E-state index contributed by atoms with van der Waals surface area (Å²) >= 11 is 0. The molecule has 0 aromatic rings. The van der Waals surface area contributed by atoms with Gasteiger partial charge in [-0.05, 0) is 19.3 Å². The SMILES string of the molecule is CC/C=C/CCC(=O)NCC[N+](CCO)(CCCC(=O)[O-])CCCC(=O)O.[Na+]. The minimum atomic E-state index is -1.13. The Labute approximate surface area is 189 Å². The Morgan fingerprint density at radius 2 is 1.64 bits per heavy atom. The van der Waals surface area contributed by atoms with Crippen LogP contribution in [0.1, 0.15) is 51.9 Å². The first kappa shape index (κ1) is 29.3. The van der Waals surface area contributed by atoms with Crippen LogP contribution >= 0.6 is 0 Å². The normalized spacial score (nSPS) is 12.9. The molecule has 0 aliphatic heterocycles. The largest absolute Gasteiger partial charge is 1.00 e. The standard InChI is InChI=1S/C19H34N2O6.Na/c1-2-3-4-5-8-17(23)20-11-14-21(15-16-22,12-6-9-18(24)25)13-7-10-19(26)27;/h3-4,22H,2,5-16H2,1H3,(H2-,20,23,24,25,26,27);/q;+1/b4-3+;. The molecule has 1 amide bonds. The van der Waals surface area contributed by atoms with E-state index in [1.165, 1.54) is 0 Å². The number of hydrogen-bond acceptors (Lipinski definition) is 5. The van der Waals surface area contributed by atoms with Crippen molar-refractivity contribution in [2.75, 3.05) is 39.3 Å². The zero-order chi connectivity index (χ0) is 20.5. The van der Waals surface area contributed by atoms with E-state index in [9.17, 15) is 24.6 Å². The summed E-state index contributed by atoms with van der Waals surface area (Å²) < 4.78 is 0.382. The van der Waals surface area contributed by atoms with Gasteiger partial charge in [-0.2, -0.15) is 0 Å². The summed E-state index contributed by atoms with van der Waals surface area (Å²) in [6.07, 6.45) is 6.74. The molecule has 1 unspecified atom stereocenters. The van der Waals surface area contributed by atoms with E-state index in [0.29, 0.717) is 62.9 Å². The predicted molar refractivity (Wildman–Crippen MR) is 99.6 cm³/mol. The molecule has 0 fully saturated rings. The molecular weight excluding hydrogens is 375 g/mol. The van der Waals surface area contributed by atoms with Crippen molar-refractivity contribution in [2.24, 2.45) is 0 Å². The molecule has 0 aliphatic rings. The van der Waals surface area contributed by atoms with E-state index in [0.717, 1.165) is 6.42 Å². The van der Waals surface area contributed by atoms with E-state index in [-0.39, 0.29) is 54.9 Å². The van der Waals surface area contributed by atoms with Gasteiger partial charge in [0.05, 0.1) is 39.2 Å². The molecule has 0 radical (unpaired) electrons. The molecule has 3 N–H and O–H groups in total. The number of quaternary nitrogens is 1. The first-order valence-corrected chi connectivity index (χ1v) is 9.64. The molecule has 0 saturated carbocycles. The molecule has 0 rings (SSSR count). The summed E-state index contributed by atoms with van der Waals surface area (Å²) in [6, 6.07) is 0. The van der Waals surface area contributed by atoms with E-state index in [1.54, 1.807) is 0 Å². The summed E-state index contributed by atoms with van der Waals surface area (Å²) in [7, 11) is 0. The molecule has 9 heteroatoms. The second-order valence-electron chi connectivity index (χ2n) is 6.70. The zero-order valence-electron chi connectivity index (χ0n) is 17.3. The smallest absolute Gasteiger partial charge is 0.550 e. The third kappa shape index (κ3) is 16.1. The van der Waals surface area contributed by atoms with Crippen LogP contribution < -0.4 is 40.0 Å². The van der Waals surface area contributed by atoms with Crippen LogP contribution in [0.5, 0.6) is 0 Å². The van der Waals surface area contributed by atoms with Crippen LogP contribution in [0.15, 0.2) is 12.2 Å². The summed E-state index contributed by atoms with van der Waals surface area (Å²) in [5.41, 5.74) is 0. The van der Waals surface area contributed by atoms with Gasteiger partial charge >= 0.3 is 35.5 Å². The topological polar surface area (TPSA) is 127 Å². The minimum Gasteiger partial charge on any atom is -0.550 e. The number of carbonyl (C=O) groups is 3. The molecule has 0 spiro atoms. The van der Waals surface area contributed by atoms with Crippen molar-refractivity contribution >= 4 is 17.8 Å². The number of rotatable bonds is 17. The molecule has 0 aromatic carbocycles. The fourth-order valence-electron chi connectivity index (χ4n) is 3.03. The maximum Gasteiger partial charge on any atom is 1.00 e. The molecule has 28 heavy (non-hydrogen) atoms. The van der Waals surface area contributed by atoms with Crippen LogP contribution in [0.25, 0.3) is 0 Å². The third-order valence-electron chi connectivity index (χ3n) is 4.46. The van der Waals surface area contributed by atoms with Gasteiger partial charge in [0.1, 0.15) is 6.54 Å². The van der Waals surface area contributed by atoms with Gasteiger partial charge < -0.3 is 29.9 Å². The van der Waals surface area contributed by atoms with Crippen molar-refractivity contribution in [3.63, 3.8) is 0 Å². The molecule has 0 heterocycles. The maximum atomic E-state index is 11.9. The Balaban J connectivity index is 0. The first-order valence-electron chi connectivity index (χ1n) is 9.64. The van der Waals surface area contributed by atoms with Crippen molar-refractivity contribution in [3.8, 4) is 0 Å². The van der Waals surface area contributed by atoms with Gasteiger partial charge in [-0.15, -0.1) is 0 Å². The second kappa shape index (κ2) is 18.1. The summed E-state index contributed by atoms with van der Waals surface area (Å²) in [6.45, 7) is 4.24. The summed E-state index contributed by atoms with van der Waals surface area (Å²) in [4.78, 5) is 33.4. The van der Waals surface area contributed by atoms with Crippen molar-refractivity contribution in [2.45, 2.75) is 51.9 Å². The van der Waals surface area contributed by atoms with E-state index >= 15 is 0 Å². The van der Waals surface area contributed by atoms with Gasteiger partial charge in [-0.1, -0.05) is 19.1 Å². The number of amides is 1. The van der Waals surface area contributed by atoms with Crippen molar-refractivity contribution in [3.05, 3.63) is 12.2 Å². The number of carbonyl (C=O) groups excluding carboxylic acids is 2. The number of nitrogens with one attached hydrogen (secondary N) is 1. The molecule has 0 aliphatic carbocycles. The van der Waals surface area contributed by atoms with Crippen molar-refractivity contribution in [1.82, 2.24) is 5.32 Å². The molecule has 1 atom stereocenters. The van der Waals surface area contributed by atoms with E-state index in [2.05, 4.69) is 5.32 Å². The number of aliphatic carboxylic acids is 2. The zero-order valence-corrected chi connectivity index (χ0v) is 19.3. The average molecular weight is 409 g/mol. The fourth-order valence-corrected chi connectivity index (χ4v) is 3.03. The van der Waals surface area contributed by atoms with Crippen LogP contribution in [-0.2, 0) is 14.4 Å². The fraction of sp³-hybridized carbons (Fsp3) is 0.737. The number of aliphatic hydroxyl groups is 1.